The zero-order valence-corrected chi connectivity index (χ0v) is 8.60. The highest BCUT2D eigenvalue weighted by molar-refractivity contribution is 6.57. The van der Waals surface area contributed by atoms with Gasteiger partial charge in [-0.3, -0.25) is 14.4 Å². The van der Waals surface area contributed by atoms with Gasteiger partial charge >= 0.3 is 0 Å². The van der Waals surface area contributed by atoms with Crippen LogP contribution in [0.5, 0.6) is 0 Å². The van der Waals surface area contributed by atoms with Crippen molar-refractivity contribution < 1.29 is 14.0 Å². The van der Waals surface area contributed by atoms with E-state index in [-0.39, 0.29) is 16.1 Å². The number of fused-ring (bicyclic) bond motifs is 2. The summed E-state index contributed by atoms with van der Waals surface area (Å²) in [5.41, 5.74) is 0.264. The summed E-state index contributed by atoms with van der Waals surface area (Å²) < 4.78 is 5.42. The van der Waals surface area contributed by atoms with Gasteiger partial charge in [0.15, 0.2) is 0 Å². The minimum absolute atomic E-state index is 0.147. The van der Waals surface area contributed by atoms with Crippen LogP contribution in [-0.2, 0) is 9.59 Å². The molecule has 0 amide bonds. The van der Waals surface area contributed by atoms with Gasteiger partial charge in [-0.15, -0.1) is 0 Å². The summed E-state index contributed by atoms with van der Waals surface area (Å²) >= 11 is 0. The van der Waals surface area contributed by atoms with E-state index in [4.69, 9.17) is 4.42 Å². The highest BCUT2D eigenvalue weighted by Crippen LogP contribution is 2.04. The van der Waals surface area contributed by atoms with Crippen molar-refractivity contribution in [3.63, 3.8) is 0 Å². The molecule has 1 aromatic carbocycles. The molecule has 17 heavy (non-hydrogen) atoms. The Morgan fingerprint density at radius 1 is 0.882 bits per heavy atom. The first-order chi connectivity index (χ1) is 8.16. The molecule has 1 heterocycles. The van der Waals surface area contributed by atoms with E-state index in [9.17, 15) is 14.4 Å². The third kappa shape index (κ3) is 1.34. The van der Waals surface area contributed by atoms with Gasteiger partial charge in [0, 0.05) is 12.2 Å². The lowest BCUT2D eigenvalue weighted by Crippen LogP contribution is -2.43. The summed E-state index contributed by atoms with van der Waals surface area (Å²) in [7, 11) is 0. The van der Waals surface area contributed by atoms with Gasteiger partial charge in [-0.1, -0.05) is 12.1 Å². The molecule has 0 atom stereocenters. The first-order valence-electron chi connectivity index (χ1n) is 5.00. The topological polar surface area (TPSA) is 64.3 Å². The number of ketones is 2. The molecule has 3 rings (SSSR count). The molecule has 1 aromatic heterocycles. The molecule has 0 bridgehead atoms. The molecule has 0 N–H and O–H groups in total. The first-order valence-corrected chi connectivity index (χ1v) is 5.00. The quantitative estimate of drug-likeness (QED) is 0.568. The predicted octanol–water partition coefficient (Wildman–Crippen LogP) is -0.494. The Bertz CT molecular complexity index is 840. The highest BCUT2D eigenvalue weighted by Gasteiger charge is 2.15. The second kappa shape index (κ2) is 3.25. The molecule has 0 unspecified atom stereocenters. The van der Waals surface area contributed by atoms with Crippen LogP contribution in [0.25, 0.3) is 23.1 Å². The van der Waals surface area contributed by atoms with Crippen molar-refractivity contribution in [2.45, 2.75) is 0 Å². The largest absolute Gasteiger partial charge is 0.456 e. The average Bonchev–Trinajstić information content (AvgIpc) is 2.32. The summed E-state index contributed by atoms with van der Waals surface area (Å²) in [4.78, 5) is 34.5. The van der Waals surface area contributed by atoms with Crippen LogP contribution in [0.4, 0.5) is 0 Å². The monoisotopic (exact) mass is 226 g/mol. The second-order valence-electron chi connectivity index (χ2n) is 3.72. The summed E-state index contributed by atoms with van der Waals surface area (Å²) in [6.45, 7) is 0. The normalized spacial score (nSPS) is 14.1. The zero-order valence-electron chi connectivity index (χ0n) is 8.60. The number of hydrogen-bond acceptors (Lipinski definition) is 4. The van der Waals surface area contributed by atoms with Gasteiger partial charge in [0.05, 0.1) is 10.6 Å². The Morgan fingerprint density at radius 3 is 2.41 bits per heavy atom. The molecule has 1 aliphatic carbocycles. The van der Waals surface area contributed by atoms with Gasteiger partial charge in [-0.05, 0) is 12.1 Å². The molecule has 0 saturated carbocycles. The minimum atomic E-state index is -0.694. The first kappa shape index (κ1) is 9.72. The van der Waals surface area contributed by atoms with Crippen molar-refractivity contribution in [3.05, 3.63) is 45.1 Å². The fourth-order valence-corrected chi connectivity index (χ4v) is 1.81. The van der Waals surface area contributed by atoms with Crippen LogP contribution in [0.1, 0.15) is 0 Å². The van der Waals surface area contributed by atoms with Crippen molar-refractivity contribution in [3.8, 4) is 0 Å². The van der Waals surface area contributed by atoms with E-state index in [2.05, 4.69) is 0 Å². The second-order valence-corrected chi connectivity index (χ2v) is 3.72. The lowest BCUT2D eigenvalue weighted by atomic mass is 10.1. The summed E-state index contributed by atoms with van der Waals surface area (Å²) in [6, 6.07) is 6.71. The molecule has 0 spiro atoms. The Kier molecular flexibility index (Phi) is 1.86. The molecule has 4 nitrogen and oxygen atoms in total. The number of para-hydroxylation sites is 1. The van der Waals surface area contributed by atoms with E-state index in [0.29, 0.717) is 11.0 Å². The number of Topliss-reactive ketones (excluding diaryl/α,β-unsaturated/α-hetero) is 2. The number of rotatable bonds is 0. The minimum Gasteiger partial charge on any atom is -0.456 e. The van der Waals surface area contributed by atoms with Crippen molar-refractivity contribution >= 4 is 34.7 Å². The van der Waals surface area contributed by atoms with Gasteiger partial charge in [-0.2, -0.15) is 0 Å². The molecule has 0 aliphatic heterocycles. The number of benzene rings is 1. The third-order valence-electron chi connectivity index (χ3n) is 2.64. The molecule has 2 aromatic rings. The van der Waals surface area contributed by atoms with Crippen LogP contribution in [0, 0.1) is 0 Å². The Morgan fingerprint density at radius 2 is 1.59 bits per heavy atom. The van der Waals surface area contributed by atoms with Crippen molar-refractivity contribution in [1.29, 1.82) is 0 Å². The molecule has 4 heteroatoms. The fraction of sp³-hybridized carbons (Fsp3) is 0. The maximum atomic E-state index is 12.1. The molecule has 0 fully saturated rings. The molecular formula is C13H6O4. The number of carbonyl (C=O) groups is 2. The Hall–Kier alpha value is -2.49. The van der Waals surface area contributed by atoms with E-state index < -0.39 is 11.6 Å². The van der Waals surface area contributed by atoms with Crippen LogP contribution >= 0.6 is 0 Å². The smallest absolute Gasteiger partial charge is 0.229 e. The standard InChI is InChI=1S/C13H6O4/c14-9-5-8-12(6-10(9)15)17-11-4-2-1-3-7(11)13(8)16/h1-6H. The summed E-state index contributed by atoms with van der Waals surface area (Å²) in [5, 5.41) is 0.548. The average molecular weight is 226 g/mol. The van der Waals surface area contributed by atoms with Gasteiger partial charge in [0.1, 0.15) is 11.0 Å². The molecular weight excluding hydrogens is 220 g/mol. The maximum Gasteiger partial charge on any atom is 0.229 e. The van der Waals surface area contributed by atoms with Crippen LogP contribution < -0.4 is 16.1 Å². The van der Waals surface area contributed by atoms with Crippen LogP contribution in [0.15, 0.2) is 33.5 Å². The van der Waals surface area contributed by atoms with Crippen LogP contribution in [0.3, 0.4) is 0 Å². The maximum absolute atomic E-state index is 12.1. The third-order valence-corrected chi connectivity index (χ3v) is 2.64. The molecule has 0 radical (unpaired) electrons. The lowest BCUT2D eigenvalue weighted by molar-refractivity contribution is -0.129. The number of hydrogen-bond donors (Lipinski definition) is 0. The van der Waals surface area contributed by atoms with Crippen molar-refractivity contribution in [2.75, 3.05) is 0 Å². The van der Waals surface area contributed by atoms with Gasteiger partial charge in [0.25, 0.3) is 0 Å². The highest BCUT2D eigenvalue weighted by atomic mass is 16.3. The van der Waals surface area contributed by atoms with Gasteiger partial charge in [0.2, 0.25) is 17.0 Å². The number of carbonyl (C=O) groups excluding carboxylic acids is 2. The van der Waals surface area contributed by atoms with Crippen molar-refractivity contribution in [2.24, 2.45) is 0 Å². The van der Waals surface area contributed by atoms with E-state index in [0.717, 1.165) is 12.2 Å². The van der Waals surface area contributed by atoms with Crippen LogP contribution in [0.2, 0.25) is 0 Å². The van der Waals surface area contributed by atoms with E-state index >= 15 is 0 Å². The van der Waals surface area contributed by atoms with E-state index in [1.165, 1.54) is 0 Å². The molecule has 82 valence electrons. The summed E-state index contributed by atoms with van der Waals surface area (Å²) in [6.07, 6.45) is 2.10. The van der Waals surface area contributed by atoms with E-state index in [1.807, 2.05) is 0 Å². The van der Waals surface area contributed by atoms with Gasteiger partial charge in [-0.25, -0.2) is 0 Å². The molecule has 0 saturated heterocycles. The molecule has 1 aliphatic rings. The lowest BCUT2D eigenvalue weighted by Gasteiger charge is -2.00. The fourth-order valence-electron chi connectivity index (χ4n) is 1.81. The summed E-state index contributed by atoms with van der Waals surface area (Å²) in [5.74, 6) is -1.36. The van der Waals surface area contributed by atoms with Crippen LogP contribution in [-0.4, -0.2) is 11.6 Å². The SMILES string of the molecule is O=C1C=c2oc3ccccc3c(=O)c2=CC1=O. The predicted molar refractivity (Wildman–Crippen MR) is 60.7 cm³/mol. The van der Waals surface area contributed by atoms with E-state index in [1.54, 1.807) is 24.3 Å². The van der Waals surface area contributed by atoms with Gasteiger partial charge < -0.3 is 4.42 Å². The zero-order chi connectivity index (χ0) is 12.0. The Balaban J connectivity index is 2.63. The van der Waals surface area contributed by atoms with Crippen molar-refractivity contribution in [1.82, 2.24) is 0 Å². The Labute approximate surface area is 94.5 Å².